The van der Waals surface area contributed by atoms with Crippen molar-refractivity contribution >= 4 is 15.9 Å². The average molecular weight is 288 g/mol. The lowest BCUT2D eigenvalue weighted by Gasteiger charge is -2.37. The molecule has 0 aromatic heterocycles. The van der Waals surface area contributed by atoms with Gasteiger partial charge in [0.15, 0.2) is 0 Å². The largest absolute Gasteiger partial charge is 0.386 e. The molecule has 0 amide bonds. The van der Waals surface area contributed by atoms with Crippen LogP contribution >= 0.6 is 0 Å². The third-order valence-electron chi connectivity index (χ3n) is 4.35. The molecule has 3 N–H and O–H groups in total. The minimum Gasteiger partial charge on any atom is -0.386 e. The smallest absolute Gasteiger partial charge is 0.217 e. The van der Waals surface area contributed by atoms with Crippen LogP contribution in [0.2, 0.25) is 0 Å². The van der Waals surface area contributed by atoms with Crippen molar-refractivity contribution < 1.29 is 8.42 Å². The number of amidine groups is 1. The summed E-state index contributed by atoms with van der Waals surface area (Å²) in [5.74, 6) is 0.145. The molecule has 19 heavy (non-hydrogen) atoms. The predicted molar refractivity (Wildman–Crippen MR) is 75.7 cm³/mol. The van der Waals surface area contributed by atoms with E-state index in [0.717, 1.165) is 25.7 Å². The Balaban J connectivity index is 1.94. The van der Waals surface area contributed by atoms with Gasteiger partial charge in [-0.25, -0.2) is 8.42 Å². The second-order valence-electron chi connectivity index (χ2n) is 5.52. The summed E-state index contributed by atoms with van der Waals surface area (Å²) in [6.07, 6.45) is 3.69. The maximum absolute atomic E-state index is 12.4. The molecule has 6 nitrogen and oxygen atoms in total. The Morgan fingerprint density at radius 1 is 1.21 bits per heavy atom. The second-order valence-corrected chi connectivity index (χ2v) is 7.73. The first-order chi connectivity index (χ1) is 8.93. The van der Waals surface area contributed by atoms with E-state index in [1.54, 1.807) is 4.31 Å². The number of piperazine rings is 1. The van der Waals surface area contributed by atoms with Crippen molar-refractivity contribution in [3.05, 3.63) is 0 Å². The zero-order chi connectivity index (χ0) is 14.0. The average Bonchev–Trinajstić information content (AvgIpc) is 2.92. The highest BCUT2D eigenvalue weighted by Gasteiger charge is 2.36. The zero-order valence-electron chi connectivity index (χ0n) is 11.5. The number of nitrogens with one attached hydrogen (secondary N) is 1. The number of hydrogen-bond donors (Lipinski definition) is 2. The van der Waals surface area contributed by atoms with Crippen molar-refractivity contribution in [3.63, 3.8) is 0 Å². The van der Waals surface area contributed by atoms with Crippen LogP contribution in [0.15, 0.2) is 0 Å². The molecule has 110 valence electrons. The molecule has 1 aliphatic heterocycles. The SMILES string of the molecule is CC(C(=N)N)N1CCN(S(=O)(=O)C2CCCC2)CC1. The van der Waals surface area contributed by atoms with Gasteiger partial charge in [0.05, 0.1) is 11.3 Å². The fourth-order valence-electron chi connectivity index (χ4n) is 2.94. The van der Waals surface area contributed by atoms with E-state index in [2.05, 4.69) is 4.90 Å². The molecule has 2 fully saturated rings. The van der Waals surface area contributed by atoms with Crippen molar-refractivity contribution in [2.75, 3.05) is 26.2 Å². The Bertz CT molecular complexity index is 423. The summed E-state index contributed by atoms with van der Waals surface area (Å²) in [6, 6.07) is -0.101. The standard InChI is InChI=1S/C12H24N4O2S/c1-10(12(13)14)15-6-8-16(9-7-15)19(17,18)11-4-2-3-5-11/h10-11H,2-9H2,1H3,(H3,13,14). The summed E-state index contributed by atoms with van der Waals surface area (Å²) in [4.78, 5) is 2.07. The lowest BCUT2D eigenvalue weighted by Crippen LogP contribution is -2.55. The van der Waals surface area contributed by atoms with Crippen LogP contribution < -0.4 is 5.73 Å². The van der Waals surface area contributed by atoms with E-state index < -0.39 is 10.0 Å². The van der Waals surface area contributed by atoms with Crippen LogP contribution in [0.1, 0.15) is 32.6 Å². The third-order valence-corrected chi connectivity index (χ3v) is 6.75. The van der Waals surface area contributed by atoms with E-state index in [9.17, 15) is 8.42 Å². The van der Waals surface area contributed by atoms with E-state index >= 15 is 0 Å². The van der Waals surface area contributed by atoms with E-state index in [0.29, 0.717) is 26.2 Å². The zero-order valence-corrected chi connectivity index (χ0v) is 12.3. The van der Waals surface area contributed by atoms with Crippen molar-refractivity contribution in [3.8, 4) is 0 Å². The molecule has 1 heterocycles. The molecule has 2 rings (SSSR count). The van der Waals surface area contributed by atoms with Gasteiger partial charge < -0.3 is 5.73 Å². The second kappa shape index (κ2) is 5.76. The van der Waals surface area contributed by atoms with E-state index in [-0.39, 0.29) is 17.1 Å². The molecular weight excluding hydrogens is 264 g/mol. The van der Waals surface area contributed by atoms with Gasteiger partial charge in [0.2, 0.25) is 10.0 Å². The van der Waals surface area contributed by atoms with Gasteiger partial charge in [-0.2, -0.15) is 4.31 Å². The molecule has 1 saturated heterocycles. The molecular formula is C12H24N4O2S. The number of sulfonamides is 1. The highest BCUT2D eigenvalue weighted by Crippen LogP contribution is 2.27. The predicted octanol–water partition coefficient (Wildman–Crippen LogP) is 0.201. The summed E-state index contributed by atoms with van der Waals surface area (Å²) >= 11 is 0. The van der Waals surface area contributed by atoms with Gasteiger partial charge in [-0.3, -0.25) is 10.3 Å². The fraction of sp³-hybridized carbons (Fsp3) is 0.917. The maximum Gasteiger partial charge on any atom is 0.217 e. The molecule has 1 atom stereocenters. The number of nitrogens with zero attached hydrogens (tertiary/aromatic N) is 2. The Morgan fingerprint density at radius 2 is 1.74 bits per heavy atom. The van der Waals surface area contributed by atoms with Gasteiger partial charge in [0, 0.05) is 26.2 Å². The lowest BCUT2D eigenvalue weighted by atomic mass is 10.2. The van der Waals surface area contributed by atoms with Crippen molar-refractivity contribution in [1.29, 1.82) is 5.41 Å². The maximum atomic E-state index is 12.4. The minimum absolute atomic E-state index is 0.101. The number of rotatable bonds is 4. The molecule has 1 saturated carbocycles. The van der Waals surface area contributed by atoms with E-state index in [1.165, 1.54) is 0 Å². The van der Waals surface area contributed by atoms with Gasteiger partial charge in [0.1, 0.15) is 5.84 Å². The van der Waals surface area contributed by atoms with Crippen LogP contribution in [0.4, 0.5) is 0 Å². The summed E-state index contributed by atoms with van der Waals surface area (Å²) < 4.78 is 26.5. The monoisotopic (exact) mass is 288 g/mol. The van der Waals surface area contributed by atoms with Gasteiger partial charge >= 0.3 is 0 Å². The highest BCUT2D eigenvalue weighted by atomic mass is 32.2. The first kappa shape index (κ1) is 14.7. The van der Waals surface area contributed by atoms with E-state index in [4.69, 9.17) is 11.1 Å². The van der Waals surface area contributed by atoms with Crippen LogP contribution in [0, 0.1) is 5.41 Å². The lowest BCUT2D eigenvalue weighted by molar-refractivity contribution is 0.172. The molecule has 2 aliphatic rings. The van der Waals surface area contributed by atoms with Crippen molar-refractivity contribution in [2.45, 2.75) is 43.9 Å². The quantitative estimate of drug-likeness (QED) is 0.571. The Kier molecular flexibility index (Phi) is 4.47. The minimum atomic E-state index is -3.11. The summed E-state index contributed by atoms with van der Waals surface area (Å²) in [6.45, 7) is 4.26. The van der Waals surface area contributed by atoms with E-state index in [1.807, 2.05) is 6.92 Å². The van der Waals surface area contributed by atoms with Crippen molar-refractivity contribution in [2.24, 2.45) is 5.73 Å². The molecule has 0 bridgehead atoms. The van der Waals surface area contributed by atoms with Crippen LogP contribution in [0.5, 0.6) is 0 Å². The van der Waals surface area contributed by atoms with Gasteiger partial charge in [0.25, 0.3) is 0 Å². The van der Waals surface area contributed by atoms with Gasteiger partial charge in [-0.1, -0.05) is 12.8 Å². The topological polar surface area (TPSA) is 90.5 Å². The first-order valence-corrected chi connectivity index (χ1v) is 8.50. The fourth-order valence-corrected chi connectivity index (χ4v) is 4.96. The molecule has 0 spiro atoms. The summed E-state index contributed by atoms with van der Waals surface area (Å²) in [5, 5.41) is 7.29. The van der Waals surface area contributed by atoms with Crippen LogP contribution in [-0.4, -0.2) is 60.9 Å². The highest BCUT2D eigenvalue weighted by molar-refractivity contribution is 7.89. The normalized spacial score (nSPS) is 25.5. The Labute approximate surface area is 115 Å². The molecule has 0 aromatic carbocycles. The number of nitrogens with two attached hydrogens (primary N) is 1. The molecule has 1 aliphatic carbocycles. The van der Waals surface area contributed by atoms with Crippen LogP contribution in [0.3, 0.4) is 0 Å². The van der Waals surface area contributed by atoms with Crippen molar-refractivity contribution in [1.82, 2.24) is 9.21 Å². The van der Waals surface area contributed by atoms with Crippen LogP contribution in [0.25, 0.3) is 0 Å². The molecule has 1 unspecified atom stereocenters. The Morgan fingerprint density at radius 3 is 2.21 bits per heavy atom. The summed E-state index contributed by atoms with van der Waals surface area (Å²) in [7, 11) is -3.11. The first-order valence-electron chi connectivity index (χ1n) is 7.00. The van der Waals surface area contributed by atoms with Gasteiger partial charge in [-0.05, 0) is 19.8 Å². The molecule has 0 aromatic rings. The molecule has 0 radical (unpaired) electrons. The summed E-state index contributed by atoms with van der Waals surface area (Å²) in [5.41, 5.74) is 5.50. The van der Waals surface area contributed by atoms with Gasteiger partial charge in [-0.15, -0.1) is 0 Å². The number of hydrogen-bond acceptors (Lipinski definition) is 4. The Hall–Kier alpha value is -0.660. The van der Waals surface area contributed by atoms with Crippen LogP contribution in [-0.2, 0) is 10.0 Å². The molecule has 7 heteroatoms. The third kappa shape index (κ3) is 3.09.